The van der Waals surface area contributed by atoms with Crippen molar-refractivity contribution in [2.45, 2.75) is 26.7 Å². The molecule has 2 aromatic rings. The second-order valence-corrected chi connectivity index (χ2v) is 5.02. The van der Waals surface area contributed by atoms with Gasteiger partial charge in [0.1, 0.15) is 5.82 Å². The molecule has 100 valence electrons. The normalized spacial score (nSPS) is 10.7. The number of rotatable bonds is 4. The fraction of sp³-hybridized carbons (Fsp3) is 0.308. The Balaban J connectivity index is 2.59. The van der Waals surface area contributed by atoms with E-state index < -0.39 is 5.97 Å². The van der Waals surface area contributed by atoms with E-state index in [4.69, 9.17) is 5.11 Å². The molecule has 19 heavy (non-hydrogen) atoms. The van der Waals surface area contributed by atoms with Crippen LogP contribution in [0, 0.1) is 6.92 Å². The number of benzene rings is 1. The Bertz CT molecular complexity index is 622. The number of carboxylic acid groups (broad SMARTS) is 1. The van der Waals surface area contributed by atoms with E-state index in [2.05, 4.69) is 26.0 Å². The van der Waals surface area contributed by atoms with E-state index in [1.165, 1.54) is 0 Å². The van der Waals surface area contributed by atoms with Crippen LogP contribution >= 0.6 is 15.9 Å². The number of aromatic carboxylic acids is 1. The lowest BCUT2D eigenvalue weighted by Crippen LogP contribution is -2.05. The van der Waals surface area contributed by atoms with Crippen molar-refractivity contribution in [1.29, 1.82) is 0 Å². The number of carboxylic acids is 1. The lowest BCUT2D eigenvalue weighted by molar-refractivity contribution is 0.0683. The average Bonchev–Trinajstić information content (AvgIpc) is 2.77. The Hall–Kier alpha value is -1.69. The zero-order chi connectivity index (χ0) is 14.0. The minimum Gasteiger partial charge on any atom is -0.475 e. The Morgan fingerprint density at radius 1 is 1.47 bits per heavy atom. The summed E-state index contributed by atoms with van der Waals surface area (Å²) in [5, 5.41) is 13.1. The Morgan fingerprint density at radius 2 is 2.21 bits per heavy atom. The highest BCUT2D eigenvalue weighted by Gasteiger charge is 2.17. The lowest BCUT2D eigenvalue weighted by Gasteiger charge is -2.09. The van der Waals surface area contributed by atoms with Crippen molar-refractivity contribution >= 4 is 21.9 Å². The summed E-state index contributed by atoms with van der Waals surface area (Å²) < 4.78 is 2.50. The van der Waals surface area contributed by atoms with Crippen molar-refractivity contribution < 1.29 is 9.90 Å². The van der Waals surface area contributed by atoms with Crippen LogP contribution in [-0.2, 0) is 6.42 Å². The minimum absolute atomic E-state index is 0.170. The molecule has 0 saturated carbocycles. The van der Waals surface area contributed by atoms with E-state index in [0.717, 1.165) is 22.1 Å². The number of carbonyl (C=O) groups is 1. The van der Waals surface area contributed by atoms with Gasteiger partial charge in [-0.3, -0.25) is 0 Å². The molecule has 1 aromatic heterocycles. The molecule has 6 heteroatoms. The highest BCUT2D eigenvalue weighted by molar-refractivity contribution is 9.10. The quantitative estimate of drug-likeness (QED) is 0.939. The molecule has 5 nitrogen and oxygen atoms in total. The van der Waals surface area contributed by atoms with E-state index in [1.807, 2.05) is 32.0 Å². The number of aryl methyl sites for hydroxylation is 2. The molecule has 0 unspecified atom stereocenters. The van der Waals surface area contributed by atoms with Crippen molar-refractivity contribution in [2.75, 3.05) is 0 Å². The molecule has 1 N–H and O–H groups in total. The molecule has 0 aliphatic carbocycles. The third kappa shape index (κ3) is 2.68. The van der Waals surface area contributed by atoms with Gasteiger partial charge >= 0.3 is 5.97 Å². The summed E-state index contributed by atoms with van der Waals surface area (Å²) in [6.07, 6.45) is 1.56. The molecule has 0 atom stereocenters. The Labute approximate surface area is 119 Å². The molecule has 0 saturated heterocycles. The van der Waals surface area contributed by atoms with Crippen LogP contribution in [0.1, 0.15) is 35.4 Å². The molecular weight excluding hydrogens is 310 g/mol. The van der Waals surface area contributed by atoms with Crippen molar-refractivity contribution in [3.8, 4) is 5.69 Å². The van der Waals surface area contributed by atoms with E-state index in [0.29, 0.717) is 12.2 Å². The summed E-state index contributed by atoms with van der Waals surface area (Å²) in [6.45, 7) is 3.99. The third-order valence-electron chi connectivity index (χ3n) is 2.74. The fourth-order valence-corrected chi connectivity index (χ4v) is 2.24. The number of aromatic nitrogens is 3. The number of nitrogens with zero attached hydrogens (tertiary/aromatic N) is 3. The van der Waals surface area contributed by atoms with Crippen molar-refractivity contribution in [1.82, 2.24) is 14.8 Å². The van der Waals surface area contributed by atoms with Gasteiger partial charge in [-0.25, -0.2) is 14.5 Å². The molecule has 0 aliphatic rings. The van der Waals surface area contributed by atoms with Crippen molar-refractivity contribution in [3.63, 3.8) is 0 Å². The van der Waals surface area contributed by atoms with Crippen LogP contribution in [0.25, 0.3) is 5.69 Å². The van der Waals surface area contributed by atoms with Crippen LogP contribution in [0.4, 0.5) is 0 Å². The van der Waals surface area contributed by atoms with E-state index in [9.17, 15) is 4.79 Å². The van der Waals surface area contributed by atoms with Gasteiger partial charge in [0, 0.05) is 10.9 Å². The second-order valence-electron chi connectivity index (χ2n) is 4.23. The molecule has 2 rings (SSSR count). The fourth-order valence-electron chi connectivity index (χ4n) is 1.81. The van der Waals surface area contributed by atoms with Gasteiger partial charge in [-0.2, -0.15) is 0 Å². The summed E-state index contributed by atoms with van der Waals surface area (Å²) in [6, 6.07) is 5.77. The van der Waals surface area contributed by atoms with Crippen LogP contribution < -0.4 is 0 Å². The zero-order valence-corrected chi connectivity index (χ0v) is 12.3. The number of hydrogen-bond acceptors (Lipinski definition) is 3. The monoisotopic (exact) mass is 323 g/mol. The summed E-state index contributed by atoms with van der Waals surface area (Å²) in [5.74, 6) is -0.622. The summed E-state index contributed by atoms with van der Waals surface area (Å²) in [5.41, 5.74) is 1.87. The van der Waals surface area contributed by atoms with E-state index in [-0.39, 0.29) is 5.82 Å². The number of halogens is 1. The van der Waals surface area contributed by atoms with Gasteiger partial charge in [0.05, 0.1) is 5.69 Å². The first-order chi connectivity index (χ1) is 9.04. The van der Waals surface area contributed by atoms with Gasteiger partial charge in [0.15, 0.2) is 0 Å². The van der Waals surface area contributed by atoms with Crippen LogP contribution in [0.3, 0.4) is 0 Å². The molecule has 1 aromatic carbocycles. The van der Waals surface area contributed by atoms with Crippen LogP contribution in [0.15, 0.2) is 22.7 Å². The molecule has 1 heterocycles. The predicted octanol–water partition coefficient (Wildman–Crippen LogP) is 2.99. The first-order valence-electron chi connectivity index (χ1n) is 5.99. The van der Waals surface area contributed by atoms with E-state index in [1.54, 1.807) is 4.68 Å². The van der Waals surface area contributed by atoms with Crippen molar-refractivity contribution in [2.24, 2.45) is 0 Å². The van der Waals surface area contributed by atoms with Crippen molar-refractivity contribution in [3.05, 3.63) is 39.9 Å². The molecule has 0 fully saturated rings. The maximum Gasteiger partial charge on any atom is 0.375 e. The van der Waals surface area contributed by atoms with Crippen LogP contribution in [0.5, 0.6) is 0 Å². The first kappa shape index (κ1) is 13.7. The van der Waals surface area contributed by atoms with Gasteiger partial charge in [0.25, 0.3) is 5.82 Å². The molecule has 0 bridgehead atoms. The lowest BCUT2D eigenvalue weighted by atomic mass is 10.2. The van der Waals surface area contributed by atoms with Gasteiger partial charge in [-0.05, 0) is 40.9 Å². The van der Waals surface area contributed by atoms with Gasteiger partial charge in [0.2, 0.25) is 0 Å². The van der Waals surface area contributed by atoms with Crippen LogP contribution in [-0.4, -0.2) is 25.8 Å². The largest absolute Gasteiger partial charge is 0.475 e. The van der Waals surface area contributed by atoms with Crippen LogP contribution in [0.2, 0.25) is 0 Å². The summed E-state index contributed by atoms with van der Waals surface area (Å²) in [7, 11) is 0. The predicted molar refractivity (Wildman–Crippen MR) is 74.8 cm³/mol. The standard InChI is InChI=1S/C13H14BrN3O2/c1-3-5-10-15-12(13(18)19)16-17(10)9-7-4-6-8(2)11(9)14/h4,6-7H,3,5H2,1-2H3,(H,18,19). The minimum atomic E-state index is -1.11. The molecule has 0 aliphatic heterocycles. The highest BCUT2D eigenvalue weighted by atomic mass is 79.9. The molecule has 0 amide bonds. The van der Waals surface area contributed by atoms with Gasteiger partial charge in [-0.1, -0.05) is 19.1 Å². The highest BCUT2D eigenvalue weighted by Crippen LogP contribution is 2.25. The Kier molecular flexibility index (Phi) is 3.99. The van der Waals surface area contributed by atoms with Gasteiger partial charge in [-0.15, -0.1) is 5.10 Å². The zero-order valence-electron chi connectivity index (χ0n) is 10.7. The molecule has 0 spiro atoms. The Morgan fingerprint density at radius 3 is 2.84 bits per heavy atom. The maximum absolute atomic E-state index is 11.0. The number of hydrogen-bond donors (Lipinski definition) is 1. The topological polar surface area (TPSA) is 68.0 Å². The second kappa shape index (κ2) is 5.52. The first-order valence-corrected chi connectivity index (χ1v) is 6.78. The molecular formula is C13H14BrN3O2. The smallest absolute Gasteiger partial charge is 0.375 e. The molecule has 0 radical (unpaired) electrons. The third-order valence-corrected chi connectivity index (χ3v) is 3.77. The maximum atomic E-state index is 11.0. The van der Waals surface area contributed by atoms with Gasteiger partial charge < -0.3 is 5.11 Å². The average molecular weight is 324 g/mol. The SMILES string of the molecule is CCCc1nc(C(=O)O)nn1-c1cccc(C)c1Br. The summed E-state index contributed by atoms with van der Waals surface area (Å²) >= 11 is 3.51. The summed E-state index contributed by atoms with van der Waals surface area (Å²) in [4.78, 5) is 15.1. The van der Waals surface area contributed by atoms with E-state index >= 15 is 0 Å².